The van der Waals surface area contributed by atoms with Gasteiger partial charge < -0.3 is 9.42 Å². The molecule has 0 bridgehead atoms. The molecule has 0 atom stereocenters. The van der Waals surface area contributed by atoms with Gasteiger partial charge in [0.2, 0.25) is 17.6 Å². The minimum absolute atomic E-state index is 0.188. The number of aromatic nitrogens is 2. The number of amides is 1. The number of hydrogen-bond acceptors (Lipinski definition) is 5. The van der Waals surface area contributed by atoms with Crippen LogP contribution in [0.5, 0.6) is 0 Å². The van der Waals surface area contributed by atoms with Crippen LogP contribution in [0.3, 0.4) is 0 Å². The molecule has 6 heteroatoms. The zero-order chi connectivity index (χ0) is 13.1. The van der Waals surface area contributed by atoms with Crippen molar-refractivity contribution < 1.29 is 9.32 Å². The van der Waals surface area contributed by atoms with Crippen LogP contribution in [-0.4, -0.2) is 34.0 Å². The maximum Gasteiger partial charge on any atom is 0.227 e. The molecule has 1 aliphatic heterocycles. The van der Waals surface area contributed by atoms with Gasteiger partial charge in [-0.15, -0.1) is 0 Å². The van der Waals surface area contributed by atoms with Crippen molar-refractivity contribution in [2.75, 3.05) is 13.1 Å². The third kappa shape index (κ3) is 2.84. The van der Waals surface area contributed by atoms with E-state index in [0.717, 1.165) is 31.5 Å². The standard InChI is InChI=1S/C13H15N3O2S/c17-12(16-6-1-2-7-16)4-3-11-14-13(15-18-11)10-5-8-19-9-10/h5,8-9H,1-4,6-7H2. The summed E-state index contributed by atoms with van der Waals surface area (Å²) in [5.74, 6) is 1.33. The summed E-state index contributed by atoms with van der Waals surface area (Å²) >= 11 is 1.60. The SMILES string of the molecule is O=C(CCc1nc(-c2ccsc2)no1)N1CCCC1. The number of aryl methyl sites for hydroxylation is 1. The Balaban J connectivity index is 1.57. The summed E-state index contributed by atoms with van der Waals surface area (Å²) in [5, 5.41) is 7.88. The maximum absolute atomic E-state index is 11.9. The molecule has 1 aliphatic rings. The maximum atomic E-state index is 11.9. The number of hydrogen-bond donors (Lipinski definition) is 0. The highest BCUT2D eigenvalue weighted by molar-refractivity contribution is 7.08. The van der Waals surface area contributed by atoms with E-state index in [1.165, 1.54) is 0 Å². The van der Waals surface area contributed by atoms with Crippen molar-refractivity contribution in [2.24, 2.45) is 0 Å². The van der Waals surface area contributed by atoms with Gasteiger partial charge in [-0.3, -0.25) is 4.79 Å². The molecule has 100 valence electrons. The summed E-state index contributed by atoms with van der Waals surface area (Å²) in [5.41, 5.74) is 0.964. The van der Waals surface area contributed by atoms with Crippen molar-refractivity contribution >= 4 is 17.2 Å². The lowest BCUT2D eigenvalue weighted by atomic mass is 10.2. The highest BCUT2D eigenvalue weighted by Gasteiger charge is 2.18. The first-order chi connectivity index (χ1) is 9.33. The summed E-state index contributed by atoms with van der Waals surface area (Å²) in [7, 11) is 0. The highest BCUT2D eigenvalue weighted by atomic mass is 32.1. The minimum atomic E-state index is 0.188. The molecular weight excluding hydrogens is 262 g/mol. The van der Waals surface area contributed by atoms with Gasteiger partial charge in [0.25, 0.3) is 0 Å². The number of likely N-dealkylation sites (tertiary alicyclic amines) is 1. The molecular formula is C13H15N3O2S. The van der Waals surface area contributed by atoms with Crippen molar-refractivity contribution in [1.29, 1.82) is 0 Å². The monoisotopic (exact) mass is 277 g/mol. The molecule has 2 aromatic rings. The molecule has 3 rings (SSSR count). The largest absolute Gasteiger partial charge is 0.343 e. The Morgan fingerprint density at radius 2 is 2.26 bits per heavy atom. The first-order valence-electron chi connectivity index (χ1n) is 6.46. The molecule has 1 amide bonds. The fourth-order valence-corrected chi connectivity index (χ4v) is 2.84. The molecule has 0 N–H and O–H groups in total. The first kappa shape index (κ1) is 12.3. The Bertz CT molecular complexity index is 544. The van der Waals surface area contributed by atoms with Crippen molar-refractivity contribution in [2.45, 2.75) is 25.7 Å². The molecule has 1 fully saturated rings. The van der Waals surface area contributed by atoms with Gasteiger partial charge in [-0.2, -0.15) is 16.3 Å². The van der Waals surface area contributed by atoms with E-state index >= 15 is 0 Å². The lowest BCUT2D eigenvalue weighted by molar-refractivity contribution is -0.130. The van der Waals surface area contributed by atoms with Crippen molar-refractivity contribution in [3.8, 4) is 11.4 Å². The van der Waals surface area contributed by atoms with Crippen LogP contribution in [0.15, 0.2) is 21.3 Å². The van der Waals surface area contributed by atoms with Crippen molar-refractivity contribution in [3.63, 3.8) is 0 Å². The first-order valence-corrected chi connectivity index (χ1v) is 7.40. The van der Waals surface area contributed by atoms with E-state index in [1.54, 1.807) is 11.3 Å². The Morgan fingerprint density at radius 1 is 1.42 bits per heavy atom. The summed E-state index contributed by atoms with van der Waals surface area (Å²) in [6, 6.07) is 1.95. The van der Waals surface area contributed by atoms with Gasteiger partial charge in [-0.25, -0.2) is 0 Å². The predicted molar refractivity (Wildman–Crippen MR) is 71.7 cm³/mol. The normalized spacial score (nSPS) is 15.1. The van der Waals surface area contributed by atoms with Crippen LogP contribution < -0.4 is 0 Å². The number of carbonyl (C=O) groups is 1. The van der Waals surface area contributed by atoms with Crippen molar-refractivity contribution in [3.05, 3.63) is 22.7 Å². The van der Waals surface area contributed by atoms with E-state index in [1.807, 2.05) is 21.7 Å². The summed E-state index contributed by atoms with van der Waals surface area (Å²) in [4.78, 5) is 18.1. The Morgan fingerprint density at radius 3 is 3.00 bits per heavy atom. The van der Waals surface area contributed by atoms with Gasteiger partial charge in [0.05, 0.1) is 0 Å². The molecule has 0 saturated carbocycles. The number of carbonyl (C=O) groups excluding carboxylic acids is 1. The smallest absolute Gasteiger partial charge is 0.227 e. The van der Waals surface area contributed by atoms with E-state index in [9.17, 15) is 4.79 Å². The quantitative estimate of drug-likeness (QED) is 0.860. The second-order valence-corrected chi connectivity index (χ2v) is 5.39. The van der Waals surface area contributed by atoms with Gasteiger partial charge >= 0.3 is 0 Å². The van der Waals surface area contributed by atoms with Crippen LogP contribution >= 0.6 is 11.3 Å². The van der Waals surface area contributed by atoms with E-state index in [-0.39, 0.29) is 5.91 Å². The van der Waals surface area contributed by atoms with Gasteiger partial charge in [-0.1, -0.05) is 5.16 Å². The zero-order valence-electron chi connectivity index (χ0n) is 10.5. The Labute approximate surface area is 115 Å². The summed E-state index contributed by atoms with van der Waals surface area (Å²) in [6.07, 6.45) is 3.21. The number of thiophene rings is 1. The molecule has 0 radical (unpaired) electrons. The minimum Gasteiger partial charge on any atom is -0.343 e. The van der Waals surface area contributed by atoms with Gasteiger partial charge in [0, 0.05) is 36.9 Å². The van der Waals surface area contributed by atoms with Crippen LogP contribution in [0.1, 0.15) is 25.2 Å². The predicted octanol–water partition coefficient (Wildman–Crippen LogP) is 2.35. The highest BCUT2D eigenvalue weighted by Crippen LogP contribution is 2.19. The molecule has 1 saturated heterocycles. The zero-order valence-corrected chi connectivity index (χ0v) is 11.4. The Hall–Kier alpha value is -1.69. The molecule has 5 nitrogen and oxygen atoms in total. The second-order valence-electron chi connectivity index (χ2n) is 4.61. The van der Waals surface area contributed by atoms with Crippen LogP contribution in [-0.2, 0) is 11.2 Å². The molecule has 0 spiro atoms. The molecule has 0 aromatic carbocycles. The van der Waals surface area contributed by atoms with Gasteiger partial charge in [-0.05, 0) is 24.3 Å². The van der Waals surface area contributed by atoms with Crippen LogP contribution in [0.4, 0.5) is 0 Å². The van der Waals surface area contributed by atoms with Crippen LogP contribution in [0, 0.1) is 0 Å². The lowest BCUT2D eigenvalue weighted by Gasteiger charge is -2.13. The Kier molecular flexibility index (Phi) is 3.59. The third-order valence-corrected chi connectivity index (χ3v) is 3.94. The average molecular weight is 277 g/mol. The van der Waals surface area contributed by atoms with Gasteiger partial charge in [0.1, 0.15) is 0 Å². The number of nitrogens with zero attached hydrogens (tertiary/aromatic N) is 3. The second kappa shape index (κ2) is 5.52. The van der Waals surface area contributed by atoms with Crippen LogP contribution in [0.2, 0.25) is 0 Å². The molecule has 0 unspecified atom stereocenters. The topological polar surface area (TPSA) is 59.2 Å². The third-order valence-electron chi connectivity index (χ3n) is 3.26. The lowest BCUT2D eigenvalue weighted by Crippen LogP contribution is -2.27. The van der Waals surface area contributed by atoms with E-state index in [0.29, 0.717) is 24.6 Å². The van der Waals surface area contributed by atoms with E-state index in [4.69, 9.17) is 4.52 Å². The fourth-order valence-electron chi connectivity index (χ4n) is 2.20. The average Bonchev–Trinajstić information content (AvgIpc) is 3.14. The molecule has 19 heavy (non-hydrogen) atoms. The molecule has 3 heterocycles. The molecule has 0 aliphatic carbocycles. The van der Waals surface area contributed by atoms with Crippen molar-refractivity contribution in [1.82, 2.24) is 15.0 Å². The van der Waals surface area contributed by atoms with E-state index in [2.05, 4.69) is 10.1 Å². The molecule has 2 aromatic heterocycles. The number of rotatable bonds is 4. The summed E-state index contributed by atoms with van der Waals surface area (Å²) < 4.78 is 5.17. The fraction of sp³-hybridized carbons (Fsp3) is 0.462. The van der Waals surface area contributed by atoms with Gasteiger partial charge in [0.15, 0.2) is 0 Å². The van der Waals surface area contributed by atoms with Crippen LogP contribution in [0.25, 0.3) is 11.4 Å². The van der Waals surface area contributed by atoms with E-state index < -0.39 is 0 Å². The summed E-state index contributed by atoms with van der Waals surface area (Å²) in [6.45, 7) is 1.78.